The number of halogens is 2. The first kappa shape index (κ1) is 26.0. The maximum absolute atomic E-state index is 13.6. The summed E-state index contributed by atoms with van der Waals surface area (Å²) in [6.07, 6.45) is 5.96. The second kappa shape index (κ2) is 10.6. The van der Waals surface area contributed by atoms with E-state index >= 15 is 0 Å². The van der Waals surface area contributed by atoms with Crippen molar-refractivity contribution in [2.24, 2.45) is 5.41 Å². The lowest BCUT2D eigenvalue weighted by molar-refractivity contribution is -0.0454. The van der Waals surface area contributed by atoms with Crippen LogP contribution in [0.25, 0.3) is 0 Å². The van der Waals surface area contributed by atoms with Gasteiger partial charge in [-0.3, -0.25) is 9.59 Å². The zero-order valence-corrected chi connectivity index (χ0v) is 21.5. The number of nitrogens with zero attached hydrogens (tertiary/aromatic N) is 3. The smallest absolute Gasteiger partial charge is 0.290 e. The minimum absolute atomic E-state index is 0.0615. The van der Waals surface area contributed by atoms with Crippen molar-refractivity contribution < 1.29 is 18.7 Å². The standard InChI is InChI=1S/C26H33F2N5O3S/c27-26(28)6-3-19(4-7-26)33-24(36)21(5-12-29-33)30-23(35)20-2-1-18(31-37-16-15-34)17-22(20)32-13-10-25(8-9-25)11-14-32/h1-2,5,12,17,19,31,34H,3-4,6-11,13-16H2,(H,30,35). The summed E-state index contributed by atoms with van der Waals surface area (Å²) in [6, 6.07) is 6.54. The highest BCUT2D eigenvalue weighted by atomic mass is 32.2. The topological polar surface area (TPSA) is 99.5 Å². The lowest BCUT2D eigenvalue weighted by atomic mass is 9.92. The van der Waals surface area contributed by atoms with E-state index in [-0.39, 0.29) is 38.0 Å². The van der Waals surface area contributed by atoms with E-state index in [4.69, 9.17) is 5.11 Å². The van der Waals surface area contributed by atoms with Crippen LogP contribution in [0.1, 0.15) is 67.8 Å². The third kappa shape index (κ3) is 5.93. The molecule has 0 unspecified atom stereocenters. The molecule has 200 valence electrons. The van der Waals surface area contributed by atoms with E-state index in [1.807, 2.05) is 12.1 Å². The van der Waals surface area contributed by atoms with Crippen LogP contribution < -0.4 is 20.5 Å². The lowest BCUT2D eigenvalue weighted by Gasteiger charge is -2.35. The van der Waals surface area contributed by atoms with Gasteiger partial charge in [-0.05, 0) is 68.2 Å². The number of carbonyl (C=O) groups is 1. The molecule has 2 saturated carbocycles. The number of hydrogen-bond donors (Lipinski definition) is 3. The quantitative estimate of drug-likeness (QED) is 0.335. The number of aliphatic hydroxyl groups excluding tert-OH is 1. The number of nitrogens with one attached hydrogen (secondary N) is 2. The predicted octanol–water partition coefficient (Wildman–Crippen LogP) is 4.68. The number of piperidine rings is 1. The minimum Gasteiger partial charge on any atom is -0.395 e. The van der Waals surface area contributed by atoms with Gasteiger partial charge in [0.1, 0.15) is 5.69 Å². The summed E-state index contributed by atoms with van der Waals surface area (Å²) in [4.78, 5) is 28.8. The van der Waals surface area contributed by atoms with Crippen molar-refractivity contribution in [3.63, 3.8) is 0 Å². The maximum Gasteiger partial charge on any atom is 0.290 e. The maximum atomic E-state index is 13.6. The van der Waals surface area contributed by atoms with Gasteiger partial charge in [-0.1, -0.05) is 11.9 Å². The van der Waals surface area contributed by atoms with Crippen molar-refractivity contribution in [2.45, 2.75) is 63.3 Å². The Morgan fingerprint density at radius 2 is 1.84 bits per heavy atom. The van der Waals surface area contributed by atoms with Crippen molar-refractivity contribution in [3.05, 3.63) is 46.4 Å². The fraction of sp³-hybridized carbons (Fsp3) is 0.577. The lowest BCUT2D eigenvalue weighted by Crippen LogP contribution is -2.36. The van der Waals surface area contributed by atoms with Crippen molar-refractivity contribution in [1.82, 2.24) is 9.78 Å². The Labute approximate surface area is 218 Å². The molecule has 1 aromatic carbocycles. The summed E-state index contributed by atoms with van der Waals surface area (Å²) in [5, 5.41) is 16.0. The van der Waals surface area contributed by atoms with Gasteiger partial charge >= 0.3 is 0 Å². The molecule has 1 spiro atoms. The van der Waals surface area contributed by atoms with Gasteiger partial charge in [0.25, 0.3) is 11.5 Å². The average molecular weight is 534 g/mol. The average Bonchev–Trinajstić information content (AvgIpc) is 3.64. The number of amides is 1. The monoisotopic (exact) mass is 533 g/mol. The SMILES string of the molecule is O=C(Nc1ccnn(C2CCC(F)(F)CC2)c1=O)c1ccc(NSCCO)cc1N1CCC2(CC1)CC2. The number of hydrogen-bond acceptors (Lipinski definition) is 7. The number of rotatable bonds is 8. The minimum atomic E-state index is -2.70. The Morgan fingerprint density at radius 1 is 1.11 bits per heavy atom. The van der Waals surface area contributed by atoms with E-state index in [0.29, 0.717) is 16.7 Å². The second-order valence-corrected chi connectivity index (χ2v) is 11.3. The number of carbonyl (C=O) groups excluding carboxylic acids is 1. The summed E-state index contributed by atoms with van der Waals surface area (Å²) >= 11 is 1.39. The summed E-state index contributed by atoms with van der Waals surface area (Å²) in [7, 11) is 0. The predicted molar refractivity (Wildman–Crippen MR) is 142 cm³/mol. The fourth-order valence-electron chi connectivity index (χ4n) is 5.37. The first-order valence-electron chi connectivity index (χ1n) is 12.9. The number of anilines is 3. The van der Waals surface area contributed by atoms with E-state index in [1.165, 1.54) is 41.7 Å². The van der Waals surface area contributed by atoms with Gasteiger partial charge in [0, 0.05) is 43.6 Å². The molecule has 2 aliphatic carbocycles. The molecular formula is C26H33F2N5O3S. The number of alkyl halides is 2. The largest absolute Gasteiger partial charge is 0.395 e. The van der Waals surface area contributed by atoms with Crippen LogP contribution in [0.2, 0.25) is 0 Å². The highest BCUT2D eigenvalue weighted by Crippen LogP contribution is 2.54. The molecule has 3 aliphatic rings. The molecule has 0 radical (unpaired) electrons. The Kier molecular flexibility index (Phi) is 7.44. The van der Waals surface area contributed by atoms with Gasteiger partial charge in [0.15, 0.2) is 0 Å². The molecule has 3 N–H and O–H groups in total. The van der Waals surface area contributed by atoms with E-state index in [2.05, 4.69) is 20.0 Å². The van der Waals surface area contributed by atoms with Crippen LogP contribution in [0.5, 0.6) is 0 Å². The zero-order valence-electron chi connectivity index (χ0n) is 20.7. The molecule has 11 heteroatoms. The van der Waals surface area contributed by atoms with Crippen LogP contribution >= 0.6 is 11.9 Å². The molecule has 1 amide bonds. The summed E-state index contributed by atoms with van der Waals surface area (Å²) in [5.74, 6) is -2.56. The molecule has 37 heavy (non-hydrogen) atoms. The Hall–Kier alpha value is -2.66. The van der Waals surface area contributed by atoms with Gasteiger partial charge in [0.05, 0.1) is 23.9 Å². The van der Waals surface area contributed by atoms with Crippen LogP contribution in [0, 0.1) is 5.41 Å². The molecule has 1 saturated heterocycles. The van der Waals surface area contributed by atoms with Gasteiger partial charge in [-0.25, -0.2) is 13.5 Å². The van der Waals surface area contributed by atoms with Crippen molar-refractivity contribution in [2.75, 3.05) is 40.4 Å². The third-order valence-electron chi connectivity index (χ3n) is 7.90. The van der Waals surface area contributed by atoms with Crippen LogP contribution in [-0.4, -0.2) is 52.2 Å². The Bertz CT molecular complexity index is 1180. The summed E-state index contributed by atoms with van der Waals surface area (Å²) in [5.41, 5.74) is 2.17. The zero-order chi connectivity index (χ0) is 26.0. The Morgan fingerprint density at radius 3 is 2.51 bits per heavy atom. The molecule has 3 fully saturated rings. The molecule has 2 aromatic rings. The molecule has 8 nitrogen and oxygen atoms in total. The van der Waals surface area contributed by atoms with E-state index < -0.39 is 23.4 Å². The third-order valence-corrected chi connectivity index (χ3v) is 8.67. The van der Waals surface area contributed by atoms with Gasteiger partial charge in [-0.15, -0.1) is 0 Å². The molecule has 2 heterocycles. The number of aromatic nitrogens is 2. The molecule has 1 aliphatic heterocycles. The van der Waals surface area contributed by atoms with Crippen LogP contribution in [0.4, 0.5) is 25.8 Å². The molecular weight excluding hydrogens is 500 g/mol. The van der Waals surface area contributed by atoms with E-state index in [1.54, 1.807) is 6.07 Å². The summed E-state index contributed by atoms with van der Waals surface area (Å²) in [6.45, 7) is 1.79. The second-order valence-electron chi connectivity index (χ2n) is 10.4. The van der Waals surface area contributed by atoms with Crippen molar-refractivity contribution in [1.29, 1.82) is 0 Å². The normalized spacial score (nSPS) is 20.6. The highest BCUT2D eigenvalue weighted by molar-refractivity contribution is 8.00. The van der Waals surface area contributed by atoms with Gasteiger partial charge in [-0.2, -0.15) is 5.10 Å². The fourth-order valence-corrected chi connectivity index (χ4v) is 5.86. The van der Waals surface area contributed by atoms with Gasteiger partial charge < -0.3 is 20.0 Å². The van der Waals surface area contributed by atoms with E-state index in [9.17, 15) is 18.4 Å². The van der Waals surface area contributed by atoms with Gasteiger partial charge in [0.2, 0.25) is 5.92 Å². The van der Waals surface area contributed by atoms with Crippen LogP contribution in [-0.2, 0) is 0 Å². The first-order valence-corrected chi connectivity index (χ1v) is 13.9. The Balaban J connectivity index is 1.36. The molecule has 5 rings (SSSR count). The highest BCUT2D eigenvalue weighted by Gasteiger charge is 2.44. The molecule has 0 atom stereocenters. The molecule has 0 bridgehead atoms. The van der Waals surface area contributed by atoms with Crippen LogP contribution in [0.3, 0.4) is 0 Å². The van der Waals surface area contributed by atoms with Crippen molar-refractivity contribution >= 4 is 34.9 Å². The molecule has 1 aromatic heterocycles. The van der Waals surface area contributed by atoms with E-state index in [0.717, 1.165) is 37.3 Å². The first-order chi connectivity index (χ1) is 17.8. The summed E-state index contributed by atoms with van der Waals surface area (Å²) < 4.78 is 31.6. The van der Waals surface area contributed by atoms with Crippen molar-refractivity contribution in [3.8, 4) is 0 Å². The number of benzene rings is 1. The van der Waals surface area contributed by atoms with Crippen LogP contribution in [0.15, 0.2) is 35.3 Å². The number of aliphatic hydroxyl groups is 1.